The van der Waals surface area contributed by atoms with Gasteiger partial charge in [-0.3, -0.25) is 0 Å². The van der Waals surface area contributed by atoms with Crippen molar-refractivity contribution in [3.63, 3.8) is 0 Å². The second kappa shape index (κ2) is 6.91. The molecule has 0 aromatic carbocycles. The molecule has 0 aliphatic rings. The first-order valence-electron chi connectivity index (χ1n) is 7.40. The monoisotopic (exact) mass is 257 g/mol. The van der Waals surface area contributed by atoms with E-state index in [4.69, 9.17) is 4.74 Å². The molecule has 0 saturated carbocycles. The number of methoxy groups -OCH3 is 1. The highest BCUT2D eigenvalue weighted by atomic mass is 16.5. The summed E-state index contributed by atoms with van der Waals surface area (Å²) in [5.74, 6) is 0. The largest absolute Gasteiger partial charge is 0.379 e. The summed E-state index contributed by atoms with van der Waals surface area (Å²) in [5.41, 5.74) is 0.604. The van der Waals surface area contributed by atoms with Crippen LogP contribution >= 0.6 is 0 Å². The molecule has 18 heavy (non-hydrogen) atoms. The Labute approximate surface area is 115 Å². The van der Waals surface area contributed by atoms with Crippen LogP contribution in [0.2, 0.25) is 0 Å². The maximum Gasteiger partial charge on any atom is 0.0623 e. The van der Waals surface area contributed by atoms with E-state index in [1.54, 1.807) is 0 Å². The van der Waals surface area contributed by atoms with Gasteiger partial charge in [-0.25, -0.2) is 0 Å². The Bertz CT molecular complexity index is 224. The summed E-state index contributed by atoms with van der Waals surface area (Å²) in [6.07, 6.45) is 4.81. The lowest BCUT2D eigenvalue weighted by Gasteiger charge is -2.37. The first-order valence-corrected chi connectivity index (χ1v) is 7.40. The van der Waals surface area contributed by atoms with E-state index in [2.05, 4.69) is 53.8 Å². The molecule has 0 aliphatic carbocycles. The Balaban J connectivity index is 4.52. The van der Waals surface area contributed by atoms with Gasteiger partial charge in [-0.05, 0) is 65.7 Å². The molecule has 0 aliphatic heterocycles. The van der Waals surface area contributed by atoms with Crippen LogP contribution in [0.25, 0.3) is 0 Å². The maximum absolute atomic E-state index is 5.55. The lowest BCUT2D eigenvalue weighted by molar-refractivity contribution is 0.00185. The molecule has 110 valence electrons. The van der Waals surface area contributed by atoms with Crippen molar-refractivity contribution < 1.29 is 4.74 Å². The predicted octanol–water partition coefficient (Wildman–Crippen LogP) is 4.39. The van der Waals surface area contributed by atoms with Crippen LogP contribution < -0.4 is 5.32 Å². The summed E-state index contributed by atoms with van der Waals surface area (Å²) in [5, 5.41) is 3.68. The van der Waals surface area contributed by atoms with Crippen LogP contribution in [-0.2, 0) is 4.74 Å². The van der Waals surface area contributed by atoms with Crippen molar-refractivity contribution in [2.75, 3.05) is 13.7 Å². The topological polar surface area (TPSA) is 21.3 Å². The van der Waals surface area contributed by atoms with Crippen LogP contribution in [0.1, 0.15) is 74.1 Å². The van der Waals surface area contributed by atoms with Gasteiger partial charge >= 0.3 is 0 Å². The highest BCUT2D eigenvalue weighted by Gasteiger charge is 2.30. The molecule has 2 heteroatoms. The van der Waals surface area contributed by atoms with E-state index in [9.17, 15) is 0 Å². The summed E-state index contributed by atoms with van der Waals surface area (Å²) >= 11 is 0. The molecule has 0 fully saturated rings. The van der Waals surface area contributed by atoms with Gasteiger partial charge in [-0.2, -0.15) is 0 Å². The number of ether oxygens (including phenoxy) is 1. The number of rotatable bonds is 8. The van der Waals surface area contributed by atoms with Crippen molar-refractivity contribution in [1.82, 2.24) is 5.32 Å². The quantitative estimate of drug-likeness (QED) is 0.696. The van der Waals surface area contributed by atoms with Gasteiger partial charge in [0.15, 0.2) is 0 Å². The predicted molar refractivity (Wildman–Crippen MR) is 81.1 cm³/mol. The normalized spacial score (nSPS) is 14.0. The van der Waals surface area contributed by atoms with E-state index in [0.717, 1.165) is 13.0 Å². The molecule has 0 heterocycles. The fourth-order valence-corrected chi connectivity index (χ4v) is 2.06. The summed E-state index contributed by atoms with van der Waals surface area (Å²) < 4.78 is 5.55. The second-order valence-electron chi connectivity index (χ2n) is 7.27. The van der Waals surface area contributed by atoms with Crippen molar-refractivity contribution in [2.24, 2.45) is 5.41 Å². The Hall–Kier alpha value is -0.0800. The van der Waals surface area contributed by atoms with Crippen molar-refractivity contribution in [1.29, 1.82) is 0 Å². The Morgan fingerprint density at radius 1 is 0.889 bits per heavy atom. The number of hydrogen-bond acceptors (Lipinski definition) is 2. The van der Waals surface area contributed by atoms with Gasteiger partial charge in [-0.1, -0.05) is 13.8 Å². The number of hydrogen-bond donors (Lipinski definition) is 1. The Morgan fingerprint density at radius 3 is 1.72 bits per heavy atom. The van der Waals surface area contributed by atoms with E-state index in [-0.39, 0.29) is 11.1 Å². The van der Waals surface area contributed by atoms with Crippen LogP contribution in [0.15, 0.2) is 0 Å². The van der Waals surface area contributed by atoms with E-state index in [1.807, 2.05) is 7.11 Å². The molecule has 0 amide bonds. The molecular formula is C16H35NO. The van der Waals surface area contributed by atoms with Crippen LogP contribution in [-0.4, -0.2) is 24.8 Å². The van der Waals surface area contributed by atoms with Gasteiger partial charge in [0.25, 0.3) is 0 Å². The molecule has 0 bridgehead atoms. The molecule has 0 unspecified atom stereocenters. The second-order valence-corrected chi connectivity index (χ2v) is 7.27. The molecule has 0 atom stereocenters. The molecule has 0 spiro atoms. The van der Waals surface area contributed by atoms with E-state index >= 15 is 0 Å². The highest BCUT2D eigenvalue weighted by Crippen LogP contribution is 2.34. The standard InChI is InChI=1S/C16H35NO/c1-9-16(10-2,13-17-14(3,4)5)12-11-15(6,7)18-8/h17H,9-13H2,1-8H3. The lowest BCUT2D eigenvalue weighted by atomic mass is 9.75. The molecule has 2 nitrogen and oxygen atoms in total. The van der Waals surface area contributed by atoms with Crippen LogP contribution in [0.4, 0.5) is 0 Å². The summed E-state index contributed by atoms with van der Waals surface area (Å²) in [6.45, 7) is 16.8. The van der Waals surface area contributed by atoms with E-state index in [0.29, 0.717) is 5.41 Å². The maximum atomic E-state index is 5.55. The van der Waals surface area contributed by atoms with Crippen LogP contribution in [0.5, 0.6) is 0 Å². The minimum atomic E-state index is -0.00266. The van der Waals surface area contributed by atoms with Crippen molar-refractivity contribution in [3.8, 4) is 0 Å². The molecule has 0 aromatic rings. The SMILES string of the molecule is CCC(CC)(CCC(C)(C)OC)CNC(C)(C)C. The zero-order chi connectivity index (χ0) is 14.4. The first-order chi connectivity index (χ1) is 8.10. The van der Waals surface area contributed by atoms with Gasteiger partial charge in [0.1, 0.15) is 0 Å². The van der Waals surface area contributed by atoms with Crippen LogP contribution in [0, 0.1) is 5.41 Å². The average molecular weight is 257 g/mol. The summed E-state index contributed by atoms with van der Waals surface area (Å²) in [6, 6.07) is 0. The van der Waals surface area contributed by atoms with E-state index in [1.165, 1.54) is 19.3 Å². The molecule has 0 rings (SSSR count). The summed E-state index contributed by atoms with van der Waals surface area (Å²) in [4.78, 5) is 0. The number of nitrogens with one attached hydrogen (secondary N) is 1. The minimum absolute atomic E-state index is 0.00266. The Morgan fingerprint density at radius 2 is 1.39 bits per heavy atom. The van der Waals surface area contributed by atoms with Gasteiger partial charge < -0.3 is 10.1 Å². The van der Waals surface area contributed by atoms with Crippen molar-refractivity contribution in [3.05, 3.63) is 0 Å². The van der Waals surface area contributed by atoms with Gasteiger partial charge in [-0.15, -0.1) is 0 Å². The minimum Gasteiger partial charge on any atom is -0.379 e. The zero-order valence-corrected chi connectivity index (χ0v) is 13.9. The van der Waals surface area contributed by atoms with Crippen LogP contribution in [0.3, 0.4) is 0 Å². The third-order valence-corrected chi connectivity index (χ3v) is 4.30. The molecular weight excluding hydrogens is 222 g/mol. The van der Waals surface area contributed by atoms with E-state index < -0.39 is 0 Å². The average Bonchev–Trinajstić information content (AvgIpc) is 2.29. The fourth-order valence-electron chi connectivity index (χ4n) is 2.06. The Kier molecular flexibility index (Phi) is 6.87. The van der Waals surface area contributed by atoms with Gasteiger partial charge in [0.05, 0.1) is 5.60 Å². The third kappa shape index (κ3) is 6.75. The van der Waals surface area contributed by atoms with Crippen molar-refractivity contribution in [2.45, 2.75) is 85.3 Å². The first kappa shape index (κ1) is 17.9. The zero-order valence-electron chi connectivity index (χ0n) is 13.9. The molecule has 0 radical (unpaired) electrons. The molecule has 0 saturated heterocycles. The fraction of sp³-hybridized carbons (Fsp3) is 1.00. The highest BCUT2D eigenvalue weighted by molar-refractivity contribution is 4.85. The van der Waals surface area contributed by atoms with Gasteiger partial charge in [0.2, 0.25) is 0 Å². The molecule has 0 aromatic heterocycles. The molecule has 1 N–H and O–H groups in total. The smallest absolute Gasteiger partial charge is 0.0623 e. The third-order valence-electron chi connectivity index (χ3n) is 4.30. The van der Waals surface area contributed by atoms with Gasteiger partial charge in [0, 0.05) is 19.2 Å². The lowest BCUT2D eigenvalue weighted by Crippen LogP contribution is -2.44. The summed E-state index contributed by atoms with van der Waals surface area (Å²) in [7, 11) is 1.81. The van der Waals surface area contributed by atoms with Crippen molar-refractivity contribution >= 4 is 0 Å².